The molecule has 0 atom stereocenters. The highest BCUT2D eigenvalue weighted by Crippen LogP contribution is 2.17. The van der Waals surface area contributed by atoms with Gasteiger partial charge in [-0.05, 0) is 24.3 Å². The predicted molar refractivity (Wildman–Crippen MR) is 59.5 cm³/mol. The normalized spacial score (nSPS) is 10.7. The molecule has 0 saturated carbocycles. The summed E-state index contributed by atoms with van der Waals surface area (Å²) in [6.07, 6.45) is 5.35. The summed E-state index contributed by atoms with van der Waals surface area (Å²) >= 11 is 0. The van der Waals surface area contributed by atoms with Crippen molar-refractivity contribution in [2.24, 2.45) is 4.99 Å². The second-order valence-corrected chi connectivity index (χ2v) is 2.60. The molecule has 0 bridgehead atoms. The van der Waals surface area contributed by atoms with E-state index in [0.717, 1.165) is 5.69 Å². The molecule has 1 aromatic carbocycles. The van der Waals surface area contributed by atoms with Crippen molar-refractivity contribution in [3.63, 3.8) is 0 Å². The maximum absolute atomic E-state index is 10.1. The monoisotopic (exact) mass is 202 g/mol. The molecule has 0 heterocycles. The summed E-state index contributed by atoms with van der Waals surface area (Å²) in [5.41, 5.74) is 1.47. The number of aliphatic imine (C=N–C) groups is 1. The Morgan fingerprint density at radius 3 is 2.80 bits per heavy atom. The Morgan fingerprint density at radius 1 is 1.20 bits per heavy atom. The molecular weight excluding hydrogens is 192 g/mol. The molecule has 0 aliphatic carbocycles. The highest BCUT2D eigenvalue weighted by Gasteiger charge is 1.90. The van der Waals surface area contributed by atoms with Crippen LogP contribution in [0, 0.1) is 0 Å². The van der Waals surface area contributed by atoms with Crippen LogP contribution >= 0.6 is 0 Å². The Labute approximate surface area is 87.3 Å². The minimum absolute atomic E-state index is 0.617. The number of aldehydes is 2. The van der Waals surface area contributed by atoms with Gasteiger partial charge in [-0.1, -0.05) is 6.07 Å². The first-order chi connectivity index (χ1) is 7.36. The van der Waals surface area contributed by atoms with Crippen molar-refractivity contribution in [3.05, 3.63) is 36.5 Å². The van der Waals surface area contributed by atoms with Crippen LogP contribution in [0.4, 0.5) is 11.4 Å². The van der Waals surface area contributed by atoms with E-state index in [1.165, 1.54) is 18.5 Å². The summed E-state index contributed by atoms with van der Waals surface area (Å²) in [5, 5.41) is 2.89. The Hall–Kier alpha value is -2.23. The molecule has 4 heteroatoms. The number of nitrogens with one attached hydrogen (secondary N) is 1. The summed E-state index contributed by atoms with van der Waals surface area (Å²) in [4.78, 5) is 24.0. The van der Waals surface area contributed by atoms with Crippen molar-refractivity contribution < 1.29 is 9.59 Å². The van der Waals surface area contributed by atoms with Gasteiger partial charge in [-0.2, -0.15) is 0 Å². The zero-order valence-corrected chi connectivity index (χ0v) is 7.96. The number of anilines is 1. The SMILES string of the molecule is O=CC=Nc1cccc(N/C=C/C=O)c1. The fraction of sp³-hybridized carbons (Fsp3) is 0. The van der Waals surface area contributed by atoms with Crippen molar-refractivity contribution in [1.29, 1.82) is 0 Å². The molecular formula is C11H10N2O2. The van der Waals surface area contributed by atoms with Crippen LogP contribution in [0.1, 0.15) is 0 Å². The number of nitrogens with zero attached hydrogens (tertiary/aromatic N) is 1. The molecule has 1 aromatic rings. The molecule has 76 valence electrons. The first-order valence-electron chi connectivity index (χ1n) is 4.31. The molecule has 1 rings (SSSR count). The molecule has 0 saturated heterocycles. The van der Waals surface area contributed by atoms with Gasteiger partial charge in [-0.25, -0.2) is 0 Å². The Bertz CT molecular complexity index is 397. The van der Waals surface area contributed by atoms with Crippen LogP contribution in [0.25, 0.3) is 0 Å². The lowest BCUT2D eigenvalue weighted by Gasteiger charge is -2.00. The van der Waals surface area contributed by atoms with E-state index in [9.17, 15) is 9.59 Å². The maximum Gasteiger partial charge on any atom is 0.161 e. The maximum atomic E-state index is 10.1. The third-order valence-electron chi connectivity index (χ3n) is 1.56. The van der Waals surface area contributed by atoms with E-state index in [2.05, 4.69) is 10.3 Å². The van der Waals surface area contributed by atoms with Gasteiger partial charge >= 0.3 is 0 Å². The molecule has 0 unspecified atom stereocenters. The van der Waals surface area contributed by atoms with E-state index < -0.39 is 0 Å². The summed E-state index contributed by atoms with van der Waals surface area (Å²) in [7, 11) is 0. The van der Waals surface area contributed by atoms with Crippen LogP contribution in [-0.2, 0) is 9.59 Å². The van der Waals surface area contributed by atoms with Crippen LogP contribution in [-0.4, -0.2) is 18.8 Å². The lowest BCUT2D eigenvalue weighted by atomic mass is 10.3. The predicted octanol–water partition coefficient (Wildman–Crippen LogP) is 1.71. The van der Waals surface area contributed by atoms with Gasteiger partial charge in [0.05, 0.1) is 11.9 Å². The highest BCUT2D eigenvalue weighted by molar-refractivity contribution is 6.13. The molecule has 4 nitrogen and oxygen atoms in total. The van der Waals surface area contributed by atoms with Crippen LogP contribution < -0.4 is 5.32 Å². The molecule has 0 aliphatic rings. The van der Waals surface area contributed by atoms with Gasteiger partial charge in [0.15, 0.2) is 6.29 Å². The van der Waals surface area contributed by atoms with Crippen LogP contribution in [0.15, 0.2) is 41.5 Å². The van der Waals surface area contributed by atoms with Crippen molar-refractivity contribution in [1.82, 2.24) is 0 Å². The average Bonchev–Trinajstić information content (AvgIpc) is 2.27. The van der Waals surface area contributed by atoms with E-state index >= 15 is 0 Å². The molecule has 0 radical (unpaired) electrons. The number of hydrogen-bond donors (Lipinski definition) is 1. The largest absolute Gasteiger partial charge is 0.362 e. The third kappa shape index (κ3) is 3.99. The average molecular weight is 202 g/mol. The van der Waals surface area contributed by atoms with Crippen LogP contribution in [0.5, 0.6) is 0 Å². The first kappa shape index (κ1) is 10.8. The van der Waals surface area contributed by atoms with E-state index in [1.54, 1.807) is 18.2 Å². The lowest BCUT2D eigenvalue weighted by Crippen LogP contribution is -1.86. The van der Waals surface area contributed by atoms with E-state index in [-0.39, 0.29) is 0 Å². The quantitative estimate of drug-likeness (QED) is 0.449. The van der Waals surface area contributed by atoms with Gasteiger partial charge in [0, 0.05) is 11.9 Å². The lowest BCUT2D eigenvalue weighted by molar-refractivity contribution is -0.104. The van der Waals surface area contributed by atoms with Crippen LogP contribution in [0.3, 0.4) is 0 Å². The summed E-state index contributed by atoms with van der Waals surface area (Å²) < 4.78 is 0. The molecule has 1 N–H and O–H groups in total. The topological polar surface area (TPSA) is 58.5 Å². The van der Waals surface area contributed by atoms with Gasteiger partial charge in [0.1, 0.15) is 6.29 Å². The van der Waals surface area contributed by atoms with Gasteiger partial charge in [-0.15, -0.1) is 0 Å². The third-order valence-corrected chi connectivity index (χ3v) is 1.56. The van der Waals surface area contributed by atoms with Gasteiger partial charge in [0.25, 0.3) is 0 Å². The molecule has 0 aliphatic heterocycles. The van der Waals surface area contributed by atoms with Crippen molar-refractivity contribution in [2.45, 2.75) is 0 Å². The number of benzene rings is 1. The minimum atomic E-state index is 0.617. The first-order valence-corrected chi connectivity index (χ1v) is 4.31. The zero-order chi connectivity index (χ0) is 10.9. The fourth-order valence-electron chi connectivity index (χ4n) is 0.976. The van der Waals surface area contributed by atoms with Gasteiger partial charge < -0.3 is 5.32 Å². The van der Waals surface area contributed by atoms with Crippen molar-refractivity contribution in [2.75, 3.05) is 5.32 Å². The molecule has 0 spiro atoms. The second-order valence-electron chi connectivity index (χ2n) is 2.60. The summed E-state index contributed by atoms with van der Waals surface area (Å²) in [5.74, 6) is 0. The van der Waals surface area contributed by atoms with E-state index in [1.807, 2.05) is 6.07 Å². The Morgan fingerprint density at radius 2 is 2.07 bits per heavy atom. The minimum Gasteiger partial charge on any atom is -0.362 e. The van der Waals surface area contributed by atoms with E-state index in [4.69, 9.17) is 0 Å². The summed E-state index contributed by atoms with van der Waals surface area (Å²) in [6.45, 7) is 0. The Balaban J connectivity index is 2.73. The highest BCUT2D eigenvalue weighted by atomic mass is 16.1. The fourth-order valence-corrected chi connectivity index (χ4v) is 0.976. The van der Waals surface area contributed by atoms with Gasteiger partial charge in [0.2, 0.25) is 0 Å². The number of rotatable bonds is 5. The Kier molecular flexibility index (Phi) is 4.53. The van der Waals surface area contributed by atoms with Crippen LogP contribution in [0.2, 0.25) is 0 Å². The van der Waals surface area contributed by atoms with Gasteiger partial charge in [-0.3, -0.25) is 14.6 Å². The molecule has 0 amide bonds. The second kappa shape index (κ2) is 6.26. The smallest absolute Gasteiger partial charge is 0.161 e. The number of allylic oxidation sites excluding steroid dienone is 1. The number of carbonyl (C=O) groups is 2. The summed E-state index contributed by atoms with van der Waals surface area (Å²) in [6, 6.07) is 7.16. The number of hydrogen-bond acceptors (Lipinski definition) is 4. The molecule has 0 aromatic heterocycles. The zero-order valence-electron chi connectivity index (χ0n) is 7.96. The van der Waals surface area contributed by atoms with Crippen molar-refractivity contribution >= 4 is 30.2 Å². The standard InChI is InChI=1S/C11H10N2O2/c14-7-2-5-12-10-3-1-4-11(9-10)13-6-8-15/h1-9,12H/b5-2+,13-6?. The molecule has 0 fully saturated rings. The van der Waals surface area contributed by atoms with Crippen molar-refractivity contribution in [3.8, 4) is 0 Å². The number of carbonyl (C=O) groups excluding carboxylic acids is 2. The molecule has 15 heavy (non-hydrogen) atoms. The van der Waals surface area contributed by atoms with E-state index in [0.29, 0.717) is 18.3 Å².